The van der Waals surface area contributed by atoms with Crippen molar-refractivity contribution in [2.24, 2.45) is 0 Å². The first-order chi connectivity index (χ1) is 58.6. The number of halogens is 2. The van der Waals surface area contributed by atoms with E-state index in [1.165, 1.54) is 27.8 Å². The lowest BCUT2D eigenvalue weighted by molar-refractivity contribution is 0.103. The smallest absolute Gasteiger partial charge is 0.194 e. The standard InChI is InChI=1S/C67H54N2O2.C23H10BrClO2.C22H23N/c1-66(2,3)47-29-37-51(38-30-47)68(49-33-25-45(26-34-49)43-17-9-7-10-18-43)58-41-56-61(54-22-14-13-21-53(54)58)63-57(64(56)70)42-59(62-55-23-15-16-24-60(55)71-65(62)63)69(52-39-31-48(32-40-52)67(4,5)6)50-35-27-46(28-36-50)44-19-11-8-12-20-44;24-16-9-14-21(23-20(16)13-7-3-4-8-18(13)27-23)19-12-6-2-1-5-11(12)17(25)10-15(19)22(14)26;1-22(2,3)19-11-15-21(16-12-19)23-20-13-9-18(10-14-20)17-7-5-4-6-8-17/h7-42H,1-6H3;1-10H;4-16,23H,1-3H3. The van der Waals surface area contributed by atoms with E-state index in [4.69, 9.17) is 20.4 Å². The molecule has 21 rings (SSSR count). The summed E-state index contributed by atoms with van der Waals surface area (Å²) in [5.74, 6) is -0.0498. The first-order valence-corrected chi connectivity index (χ1v) is 42.4. The molecular formula is C112H87BrClN3O4. The molecule has 0 amide bonds. The van der Waals surface area contributed by atoms with Crippen LogP contribution < -0.4 is 15.1 Å². The molecule has 1 N–H and O–H groups in total. The Morgan fingerprint density at radius 3 is 1.02 bits per heavy atom. The lowest BCUT2D eigenvalue weighted by Crippen LogP contribution is -2.14. The van der Waals surface area contributed by atoms with E-state index in [1.54, 1.807) is 6.07 Å². The molecule has 0 aliphatic heterocycles. The maximum absolute atomic E-state index is 15.7. The van der Waals surface area contributed by atoms with Crippen LogP contribution in [0.15, 0.2) is 371 Å². The van der Waals surface area contributed by atoms with Crippen molar-refractivity contribution in [3.05, 3.63) is 406 Å². The number of rotatable bonds is 11. The van der Waals surface area contributed by atoms with Crippen molar-refractivity contribution >= 4 is 150 Å². The van der Waals surface area contributed by atoms with Crippen LogP contribution >= 0.6 is 27.5 Å². The van der Waals surface area contributed by atoms with Gasteiger partial charge in [0.15, 0.2) is 11.6 Å². The van der Waals surface area contributed by atoms with E-state index < -0.39 is 0 Å². The molecule has 9 heteroatoms. The van der Waals surface area contributed by atoms with Gasteiger partial charge < -0.3 is 24.0 Å². The summed E-state index contributed by atoms with van der Waals surface area (Å²) >= 11 is 10.1. The highest BCUT2D eigenvalue weighted by molar-refractivity contribution is 9.10. The number of nitrogens with zero attached hydrogens (tertiary/aromatic N) is 2. The molecule has 2 aromatic heterocycles. The molecule has 0 bridgehead atoms. The van der Waals surface area contributed by atoms with Crippen LogP contribution in [0.1, 0.15) is 111 Å². The topological polar surface area (TPSA) is 78.9 Å². The highest BCUT2D eigenvalue weighted by Crippen LogP contribution is 2.56. The number of hydrogen-bond acceptors (Lipinski definition) is 7. The Balaban J connectivity index is 0.000000155. The van der Waals surface area contributed by atoms with Gasteiger partial charge in [-0.3, -0.25) is 9.59 Å². The van der Waals surface area contributed by atoms with Crippen molar-refractivity contribution in [3.8, 4) is 55.6 Å². The van der Waals surface area contributed by atoms with Crippen LogP contribution in [0.3, 0.4) is 0 Å². The van der Waals surface area contributed by atoms with Crippen molar-refractivity contribution < 1.29 is 18.4 Å². The first kappa shape index (κ1) is 77.3. The monoisotopic (exact) mass is 1650 g/mol. The van der Waals surface area contributed by atoms with Crippen LogP contribution in [-0.4, -0.2) is 11.6 Å². The summed E-state index contributed by atoms with van der Waals surface area (Å²) < 4.78 is 14.2. The number of furan rings is 2. The second kappa shape index (κ2) is 30.9. The number of nitrogens with one attached hydrogen (secondary N) is 1. The maximum Gasteiger partial charge on any atom is 0.194 e. The Labute approximate surface area is 718 Å². The van der Waals surface area contributed by atoms with Crippen molar-refractivity contribution in [3.63, 3.8) is 0 Å². The Morgan fingerprint density at radius 1 is 0.289 bits per heavy atom. The number of carbonyl (C=O) groups excluding carboxylic acids is 2. The zero-order valence-electron chi connectivity index (χ0n) is 68.8. The van der Waals surface area contributed by atoms with E-state index in [-0.39, 0.29) is 27.8 Å². The number of carbonyl (C=O) groups is 2. The second-order valence-electron chi connectivity index (χ2n) is 34.5. The molecular weight excluding hydrogens is 1570 g/mol. The fourth-order valence-electron chi connectivity index (χ4n) is 17.4. The van der Waals surface area contributed by atoms with Crippen LogP contribution in [-0.2, 0) is 16.2 Å². The number of anilines is 8. The van der Waals surface area contributed by atoms with Gasteiger partial charge in [0.1, 0.15) is 22.3 Å². The lowest BCUT2D eigenvalue weighted by Gasteiger charge is -2.29. The summed E-state index contributed by atoms with van der Waals surface area (Å²) in [5.41, 5.74) is 28.1. The van der Waals surface area contributed by atoms with Gasteiger partial charge in [-0.05, 0) is 202 Å². The number of benzene rings is 17. The lowest BCUT2D eigenvalue weighted by atomic mass is 9.87. The summed E-state index contributed by atoms with van der Waals surface area (Å²) in [4.78, 5) is 33.5. The minimum absolute atomic E-state index is 0.0168. The van der Waals surface area contributed by atoms with Gasteiger partial charge in [0.2, 0.25) is 0 Å². The molecule has 7 nitrogen and oxygen atoms in total. The van der Waals surface area contributed by atoms with E-state index in [2.05, 4.69) is 360 Å². The largest absolute Gasteiger partial charge is 0.455 e. The van der Waals surface area contributed by atoms with Gasteiger partial charge in [0, 0.05) is 115 Å². The van der Waals surface area contributed by atoms with Crippen molar-refractivity contribution in [1.82, 2.24) is 0 Å². The molecule has 0 atom stereocenters. The molecule has 0 radical (unpaired) electrons. The van der Waals surface area contributed by atoms with Crippen LogP contribution in [0, 0.1) is 0 Å². The number of hydrogen-bond donors (Lipinski definition) is 1. The average molecular weight is 1650 g/mol. The zero-order valence-corrected chi connectivity index (χ0v) is 71.2. The molecule has 0 saturated heterocycles. The van der Waals surface area contributed by atoms with Crippen LogP contribution in [0.4, 0.5) is 45.5 Å². The highest BCUT2D eigenvalue weighted by atomic mass is 79.9. The van der Waals surface area contributed by atoms with Crippen molar-refractivity contribution in [2.45, 2.75) is 78.6 Å². The third kappa shape index (κ3) is 14.3. The molecule has 19 aromatic rings. The van der Waals surface area contributed by atoms with E-state index in [0.29, 0.717) is 32.9 Å². The quantitative estimate of drug-likeness (QED) is 0.138. The van der Waals surface area contributed by atoms with E-state index in [9.17, 15) is 4.79 Å². The number of fused-ring (bicyclic) bond motifs is 18. The maximum atomic E-state index is 15.7. The Kier molecular flexibility index (Phi) is 19.8. The molecule has 0 unspecified atom stereocenters. The fourth-order valence-corrected chi connectivity index (χ4v) is 18.3. The molecule has 2 heterocycles. The van der Waals surface area contributed by atoms with Gasteiger partial charge >= 0.3 is 0 Å². The second-order valence-corrected chi connectivity index (χ2v) is 35.8. The van der Waals surface area contributed by atoms with E-state index >= 15 is 4.79 Å². The number of ketones is 2. The normalized spacial score (nSPS) is 12.3. The summed E-state index contributed by atoms with van der Waals surface area (Å²) in [6, 6.07) is 124. The summed E-state index contributed by atoms with van der Waals surface area (Å²) in [7, 11) is 0. The first-order valence-electron chi connectivity index (χ1n) is 41.2. The molecule has 0 fully saturated rings. The van der Waals surface area contributed by atoms with Crippen molar-refractivity contribution in [1.29, 1.82) is 0 Å². The third-order valence-corrected chi connectivity index (χ3v) is 24.6. The summed E-state index contributed by atoms with van der Waals surface area (Å²) in [6.07, 6.45) is 0. The van der Waals surface area contributed by atoms with Crippen LogP contribution in [0.5, 0.6) is 0 Å². The SMILES string of the molecule is CC(C)(C)c1ccc(N(c2ccc(-c3ccccc3)cc2)c2cc3c(c4ccccc24)-c2c(cc(N(c4ccc(-c5ccccc5)cc4)c4ccc(C(C)(C)C)cc4)c4c2oc2ccccc24)C3=O)cc1.CC(C)(C)c1ccc(Nc2ccc(-c3ccccc3)cc2)cc1.O=C1c2cc(Cl)c3ccccc3c2-c2c1cc(Br)c1c2oc2ccccc21. The summed E-state index contributed by atoms with van der Waals surface area (Å²) in [6.45, 7) is 20.2. The van der Waals surface area contributed by atoms with Gasteiger partial charge in [0.25, 0.3) is 0 Å². The van der Waals surface area contributed by atoms with Gasteiger partial charge in [-0.25, -0.2) is 0 Å². The van der Waals surface area contributed by atoms with Crippen LogP contribution in [0.2, 0.25) is 5.02 Å². The third-order valence-electron chi connectivity index (χ3n) is 23.7. The van der Waals surface area contributed by atoms with Crippen molar-refractivity contribution in [2.75, 3.05) is 15.1 Å². The Hall–Kier alpha value is -13.6. The highest BCUT2D eigenvalue weighted by Gasteiger charge is 2.38. The minimum atomic E-state index is -0.0319. The van der Waals surface area contributed by atoms with Gasteiger partial charge in [0.05, 0.1) is 16.8 Å². The molecule has 17 aromatic carbocycles. The van der Waals surface area contributed by atoms with Gasteiger partial charge in [-0.1, -0.05) is 323 Å². The molecule has 588 valence electrons. The van der Waals surface area contributed by atoms with E-state index in [1.807, 2.05) is 84.9 Å². The molecule has 0 saturated carbocycles. The molecule has 2 aliphatic carbocycles. The Bertz CT molecular complexity index is 7220. The molecule has 121 heavy (non-hydrogen) atoms. The predicted molar refractivity (Wildman–Crippen MR) is 511 cm³/mol. The number of para-hydroxylation sites is 2. The zero-order chi connectivity index (χ0) is 83.2. The van der Waals surface area contributed by atoms with Gasteiger partial charge in [-0.15, -0.1) is 0 Å². The molecule has 2 aliphatic rings. The molecule has 0 spiro atoms. The predicted octanol–water partition coefficient (Wildman–Crippen LogP) is 32.6. The minimum Gasteiger partial charge on any atom is -0.455 e. The fraction of sp³-hybridized carbons (Fsp3) is 0.107. The Morgan fingerprint density at radius 2 is 0.587 bits per heavy atom. The van der Waals surface area contributed by atoms with Gasteiger partial charge in [-0.2, -0.15) is 0 Å². The summed E-state index contributed by atoms with van der Waals surface area (Å²) in [5, 5.41) is 11.9. The average Bonchev–Trinajstić information content (AvgIpc) is 1.54. The van der Waals surface area contributed by atoms with E-state index in [0.717, 1.165) is 154 Å². The van der Waals surface area contributed by atoms with Crippen LogP contribution in [0.25, 0.3) is 121 Å².